The number of nitrogens with zero attached hydrogens (tertiary/aromatic N) is 2. The van der Waals surface area contributed by atoms with E-state index in [1.165, 1.54) is 0 Å². The maximum atomic E-state index is 12.1. The highest BCUT2D eigenvalue weighted by atomic mass is 32.2. The zero-order chi connectivity index (χ0) is 27.8. The number of urea groups is 1. The van der Waals surface area contributed by atoms with Crippen LogP contribution in [-0.4, -0.2) is 51.7 Å². The Morgan fingerprint density at radius 1 is 1.10 bits per heavy atom. The minimum Gasteiger partial charge on any atom is -0.465 e. The maximum absolute atomic E-state index is 12.1. The number of aromatic nitrogens is 2. The third-order valence-electron chi connectivity index (χ3n) is 6.42. The molecule has 1 aromatic heterocycles. The van der Waals surface area contributed by atoms with Crippen LogP contribution in [0.2, 0.25) is 0 Å². The number of aliphatic hydroxyl groups excluding tert-OH is 1. The largest absolute Gasteiger partial charge is 0.465 e. The van der Waals surface area contributed by atoms with Gasteiger partial charge in [-0.3, -0.25) is 4.79 Å². The number of anilines is 1. The first kappa shape index (κ1) is 28.6. The van der Waals surface area contributed by atoms with E-state index in [2.05, 4.69) is 22.5 Å². The number of nitrogens with one attached hydrogen (secondary N) is 2. The third kappa shape index (κ3) is 7.60. The lowest BCUT2D eigenvalue weighted by molar-refractivity contribution is -0.268. The van der Waals surface area contributed by atoms with E-state index in [1.807, 2.05) is 54.2 Å². The normalized spacial score (nSPS) is 20.8. The molecular formula is C28H34N4O6S. The average Bonchev–Trinajstić information content (AvgIpc) is 3.36. The first-order chi connectivity index (χ1) is 18.9. The smallest absolute Gasteiger partial charge is 0.325 e. The first-order valence-corrected chi connectivity index (χ1v) is 13.8. The second-order valence-corrected chi connectivity index (χ2v) is 10.2. The zero-order valence-corrected chi connectivity index (χ0v) is 23.0. The number of carbonyl (C=O) groups excluding carboxylic acids is 2. The molecule has 0 spiro atoms. The van der Waals surface area contributed by atoms with E-state index < -0.39 is 18.3 Å². The summed E-state index contributed by atoms with van der Waals surface area (Å²) >= 11 is 1.63. The van der Waals surface area contributed by atoms with E-state index in [-0.39, 0.29) is 37.9 Å². The number of benzene rings is 2. The zero-order valence-electron chi connectivity index (χ0n) is 22.2. The molecule has 10 nitrogen and oxygen atoms in total. The fraction of sp³-hybridized carbons (Fsp3) is 0.393. The van der Waals surface area contributed by atoms with Crippen LogP contribution in [0.4, 0.5) is 10.5 Å². The SMILES string of the molecule is CCOC(=O)CNC(=O)Nc1ccc([C@@H]2O[C@H](CSc3nccn3C)[C@H](C)[C@H](c3ccc(CO)cc3)O2)cc1. The second kappa shape index (κ2) is 13.6. The lowest BCUT2D eigenvalue weighted by Crippen LogP contribution is -2.38. The standard InChI is InChI=1S/C28H34N4O6S/c1-4-36-24(34)15-30-27(35)31-22-11-9-21(10-12-22)26-37-23(17-39-28-29-13-14-32(28)3)18(2)25(38-26)20-7-5-19(16-33)6-8-20/h5-14,18,23,25-26,33H,4,15-17H2,1-3H3,(H2,30,31,35)/t18-,23+,25+,26+/m0/s1. The molecule has 39 heavy (non-hydrogen) atoms. The van der Waals surface area contributed by atoms with Crippen molar-refractivity contribution in [2.45, 2.75) is 44.1 Å². The van der Waals surface area contributed by atoms with E-state index in [9.17, 15) is 14.7 Å². The Kier molecular flexibility index (Phi) is 9.99. The van der Waals surface area contributed by atoms with Gasteiger partial charge in [0.25, 0.3) is 0 Å². The van der Waals surface area contributed by atoms with Gasteiger partial charge >= 0.3 is 12.0 Å². The fourth-order valence-corrected chi connectivity index (χ4v) is 5.32. The van der Waals surface area contributed by atoms with Crippen molar-refractivity contribution in [1.29, 1.82) is 0 Å². The van der Waals surface area contributed by atoms with Gasteiger partial charge in [0.15, 0.2) is 11.4 Å². The Morgan fingerprint density at radius 3 is 2.46 bits per heavy atom. The molecule has 2 amide bonds. The number of amides is 2. The summed E-state index contributed by atoms with van der Waals surface area (Å²) < 4.78 is 19.7. The number of esters is 1. The Hall–Kier alpha value is -3.38. The van der Waals surface area contributed by atoms with E-state index in [4.69, 9.17) is 14.2 Å². The molecule has 3 aromatic rings. The summed E-state index contributed by atoms with van der Waals surface area (Å²) in [5.41, 5.74) is 3.22. The van der Waals surface area contributed by atoms with Crippen LogP contribution < -0.4 is 10.6 Å². The summed E-state index contributed by atoms with van der Waals surface area (Å²) in [5.74, 6) is 0.246. The highest BCUT2D eigenvalue weighted by Gasteiger charge is 2.38. The van der Waals surface area contributed by atoms with Gasteiger partial charge in [0.1, 0.15) is 6.54 Å². The molecule has 0 radical (unpaired) electrons. The Morgan fingerprint density at radius 2 is 1.82 bits per heavy atom. The van der Waals surface area contributed by atoms with Crippen LogP contribution in [0.5, 0.6) is 0 Å². The number of rotatable bonds is 10. The summed E-state index contributed by atoms with van der Waals surface area (Å²) in [6, 6.07) is 14.5. The minimum absolute atomic E-state index is 0.0166. The minimum atomic E-state index is -0.623. The van der Waals surface area contributed by atoms with Gasteiger partial charge in [-0.25, -0.2) is 9.78 Å². The van der Waals surface area contributed by atoms with Crippen molar-refractivity contribution >= 4 is 29.4 Å². The van der Waals surface area contributed by atoms with Gasteiger partial charge in [0.05, 0.1) is 25.4 Å². The number of carbonyl (C=O) groups is 2. The molecule has 0 saturated carbocycles. The number of imidazole rings is 1. The van der Waals surface area contributed by atoms with Crippen molar-refractivity contribution in [3.63, 3.8) is 0 Å². The van der Waals surface area contributed by atoms with Crippen molar-refractivity contribution in [2.75, 3.05) is 24.2 Å². The molecule has 3 N–H and O–H groups in total. The molecule has 0 aliphatic carbocycles. The summed E-state index contributed by atoms with van der Waals surface area (Å²) in [6.45, 7) is 3.85. The highest BCUT2D eigenvalue weighted by Crippen LogP contribution is 2.43. The summed E-state index contributed by atoms with van der Waals surface area (Å²) in [6.07, 6.45) is 2.71. The molecule has 4 rings (SSSR count). The van der Waals surface area contributed by atoms with Crippen LogP contribution in [0, 0.1) is 5.92 Å². The lowest BCUT2D eigenvalue weighted by atomic mass is 9.91. The summed E-state index contributed by atoms with van der Waals surface area (Å²) in [7, 11) is 1.96. The van der Waals surface area contributed by atoms with Crippen molar-refractivity contribution in [3.8, 4) is 0 Å². The van der Waals surface area contributed by atoms with E-state index in [1.54, 1.807) is 37.0 Å². The lowest BCUT2D eigenvalue weighted by Gasteiger charge is -2.41. The highest BCUT2D eigenvalue weighted by molar-refractivity contribution is 7.99. The van der Waals surface area contributed by atoms with E-state index in [0.717, 1.165) is 21.8 Å². The molecule has 2 aromatic carbocycles. The van der Waals surface area contributed by atoms with Gasteiger partial charge in [0, 0.05) is 42.4 Å². The van der Waals surface area contributed by atoms with Crippen LogP contribution >= 0.6 is 11.8 Å². The van der Waals surface area contributed by atoms with Crippen LogP contribution in [0.3, 0.4) is 0 Å². The molecular weight excluding hydrogens is 520 g/mol. The summed E-state index contributed by atoms with van der Waals surface area (Å²) in [4.78, 5) is 28.0. The monoisotopic (exact) mass is 554 g/mol. The van der Waals surface area contributed by atoms with Crippen LogP contribution in [0.1, 0.15) is 42.9 Å². The summed E-state index contributed by atoms with van der Waals surface area (Å²) in [5, 5.41) is 15.5. The number of thioether (sulfide) groups is 1. The van der Waals surface area contributed by atoms with Crippen LogP contribution in [0.15, 0.2) is 66.1 Å². The molecule has 1 aliphatic heterocycles. The van der Waals surface area contributed by atoms with Crippen LogP contribution in [0.25, 0.3) is 0 Å². The van der Waals surface area contributed by atoms with Gasteiger partial charge < -0.3 is 34.5 Å². The second-order valence-electron chi connectivity index (χ2n) is 9.19. The average molecular weight is 555 g/mol. The molecule has 11 heteroatoms. The number of hydrogen-bond donors (Lipinski definition) is 3. The predicted molar refractivity (Wildman–Crippen MR) is 147 cm³/mol. The molecule has 1 fully saturated rings. The Balaban J connectivity index is 1.47. The first-order valence-electron chi connectivity index (χ1n) is 12.8. The van der Waals surface area contributed by atoms with E-state index in [0.29, 0.717) is 11.4 Å². The van der Waals surface area contributed by atoms with Crippen LogP contribution in [-0.2, 0) is 32.7 Å². The molecule has 0 bridgehead atoms. The predicted octanol–water partition coefficient (Wildman–Crippen LogP) is 4.18. The third-order valence-corrected chi connectivity index (χ3v) is 7.56. The van der Waals surface area contributed by atoms with Crippen molar-refractivity contribution in [1.82, 2.24) is 14.9 Å². The molecule has 2 heterocycles. The Bertz CT molecular complexity index is 1230. The fourth-order valence-electron chi connectivity index (χ4n) is 4.22. The van der Waals surface area contributed by atoms with Gasteiger partial charge in [-0.05, 0) is 30.2 Å². The molecule has 1 aliphatic rings. The van der Waals surface area contributed by atoms with Crippen molar-refractivity contribution < 1.29 is 28.9 Å². The van der Waals surface area contributed by atoms with Gasteiger partial charge in [-0.2, -0.15) is 0 Å². The van der Waals surface area contributed by atoms with Gasteiger partial charge in [-0.1, -0.05) is 55.1 Å². The number of ether oxygens (including phenoxy) is 3. The topological polar surface area (TPSA) is 124 Å². The number of hydrogen-bond acceptors (Lipinski definition) is 8. The van der Waals surface area contributed by atoms with Gasteiger partial charge in [0.2, 0.25) is 0 Å². The van der Waals surface area contributed by atoms with Gasteiger partial charge in [-0.15, -0.1) is 0 Å². The van der Waals surface area contributed by atoms with E-state index >= 15 is 0 Å². The molecule has 1 saturated heterocycles. The van der Waals surface area contributed by atoms with Crippen molar-refractivity contribution in [3.05, 3.63) is 77.6 Å². The number of aliphatic hydroxyl groups is 1. The molecule has 4 atom stereocenters. The Labute approximate surface area is 232 Å². The van der Waals surface area contributed by atoms with Crippen molar-refractivity contribution in [2.24, 2.45) is 13.0 Å². The molecule has 208 valence electrons. The maximum Gasteiger partial charge on any atom is 0.325 e. The number of aryl methyl sites for hydroxylation is 1. The quantitative estimate of drug-likeness (QED) is 0.252. The molecule has 0 unspecified atom stereocenters.